The van der Waals surface area contributed by atoms with Crippen LogP contribution in [0.25, 0.3) is 16.9 Å². The lowest BCUT2D eigenvalue weighted by molar-refractivity contribution is 0.0746. The Kier molecular flexibility index (Phi) is 4.90. The molecule has 5 rings (SSSR count). The number of hydrogen-bond acceptors (Lipinski definition) is 4. The van der Waals surface area contributed by atoms with Gasteiger partial charge in [-0.05, 0) is 61.4 Å². The van der Waals surface area contributed by atoms with E-state index in [-0.39, 0.29) is 5.91 Å². The number of imidazole rings is 1. The summed E-state index contributed by atoms with van der Waals surface area (Å²) in [6, 6.07) is 18.1. The molecule has 31 heavy (non-hydrogen) atoms. The van der Waals surface area contributed by atoms with E-state index in [1.807, 2.05) is 45.9 Å². The number of hydrogen-bond donors (Lipinski definition) is 0. The fourth-order valence-corrected chi connectivity index (χ4v) is 4.22. The zero-order valence-corrected chi connectivity index (χ0v) is 17.8. The van der Waals surface area contributed by atoms with Crippen molar-refractivity contribution in [2.75, 3.05) is 31.1 Å². The van der Waals surface area contributed by atoms with Crippen molar-refractivity contribution in [1.82, 2.24) is 19.4 Å². The number of amides is 1. The van der Waals surface area contributed by atoms with E-state index in [0.717, 1.165) is 29.9 Å². The van der Waals surface area contributed by atoms with Crippen molar-refractivity contribution in [2.45, 2.75) is 13.8 Å². The smallest absolute Gasteiger partial charge is 0.254 e. The summed E-state index contributed by atoms with van der Waals surface area (Å²) in [5.41, 5.74) is 7.01. The molecule has 0 radical (unpaired) electrons. The first-order valence-electron chi connectivity index (χ1n) is 10.6. The third-order valence-corrected chi connectivity index (χ3v) is 5.95. The molecule has 156 valence electrons. The molecule has 0 atom stereocenters. The van der Waals surface area contributed by atoms with Gasteiger partial charge in [0.2, 0.25) is 0 Å². The molecule has 0 N–H and O–H groups in total. The number of pyridine rings is 1. The maximum Gasteiger partial charge on any atom is 0.254 e. The van der Waals surface area contributed by atoms with Gasteiger partial charge in [-0.2, -0.15) is 0 Å². The number of anilines is 1. The molecule has 3 heterocycles. The van der Waals surface area contributed by atoms with Gasteiger partial charge in [0.15, 0.2) is 5.65 Å². The normalized spacial score (nSPS) is 14.3. The SMILES string of the molecule is Cc1ccc(C)c(N2CCN(C(=O)c3cccc(-n4cnc5cccnc54)c3)CC2)c1. The highest BCUT2D eigenvalue weighted by atomic mass is 16.2. The predicted molar refractivity (Wildman–Crippen MR) is 123 cm³/mol. The summed E-state index contributed by atoms with van der Waals surface area (Å²) in [4.78, 5) is 26.4. The summed E-state index contributed by atoms with van der Waals surface area (Å²) in [7, 11) is 0. The molecule has 1 fully saturated rings. The second-order valence-electron chi connectivity index (χ2n) is 8.08. The number of piperazine rings is 1. The Morgan fingerprint density at radius 2 is 1.74 bits per heavy atom. The Morgan fingerprint density at radius 3 is 2.58 bits per heavy atom. The molecule has 2 aromatic heterocycles. The van der Waals surface area contributed by atoms with Gasteiger partial charge in [-0.25, -0.2) is 9.97 Å². The van der Waals surface area contributed by atoms with Crippen LogP contribution in [0.1, 0.15) is 21.5 Å². The Hall–Kier alpha value is -3.67. The zero-order valence-electron chi connectivity index (χ0n) is 17.8. The van der Waals surface area contributed by atoms with Crippen LogP contribution in [0.15, 0.2) is 67.1 Å². The Bertz CT molecular complexity index is 1250. The number of aromatic nitrogens is 3. The monoisotopic (exact) mass is 411 g/mol. The fraction of sp³-hybridized carbons (Fsp3) is 0.240. The minimum Gasteiger partial charge on any atom is -0.368 e. The molecule has 0 spiro atoms. The van der Waals surface area contributed by atoms with E-state index >= 15 is 0 Å². The third-order valence-electron chi connectivity index (χ3n) is 5.95. The largest absolute Gasteiger partial charge is 0.368 e. The van der Waals surface area contributed by atoms with E-state index in [1.54, 1.807) is 12.5 Å². The second-order valence-corrected chi connectivity index (χ2v) is 8.08. The summed E-state index contributed by atoms with van der Waals surface area (Å²) >= 11 is 0. The van der Waals surface area contributed by atoms with Gasteiger partial charge in [0.25, 0.3) is 5.91 Å². The predicted octanol–water partition coefficient (Wildman–Crippen LogP) is 4.00. The van der Waals surface area contributed by atoms with Crippen molar-refractivity contribution in [3.8, 4) is 5.69 Å². The number of nitrogens with zero attached hydrogens (tertiary/aromatic N) is 5. The van der Waals surface area contributed by atoms with Crippen molar-refractivity contribution in [3.63, 3.8) is 0 Å². The summed E-state index contributed by atoms with van der Waals surface area (Å²) < 4.78 is 1.92. The number of carbonyl (C=O) groups is 1. The summed E-state index contributed by atoms with van der Waals surface area (Å²) in [6.07, 6.45) is 3.51. The van der Waals surface area contributed by atoms with E-state index in [1.165, 1.54) is 16.8 Å². The van der Waals surface area contributed by atoms with Gasteiger partial charge in [0.1, 0.15) is 11.8 Å². The molecule has 0 saturated carbocycles. The van der Waals surface area contributed by atoms with Gasteiger partial charge in [-0.15, -0.1) is 0 Å². The molecule has 4 aromatic rings. The first-order valence-corrected chi connectivity index (χ1v) is 10.6. The number of carbonyl (C=O) groups excluding carboxylic acids is 1. The molecule has 1 saturated heterocycles. The van der Waals surface area contributed by atoms with Crippen molar-refractivity contribution < 1.29 is 4.79 Å². The summed E-state index contributed by atoms with van der Waals surface area (Å²) in [5, 5.41) is 0. The van der Waals surface area contributed by atoms with Crippen molar-refractivity contribution in [1.29, 1.82) is 0 Å². The fourth-order valence-electron chi connectivity index (χ4n) is 4.22. The van der Waals surface area contributed by atoms with Crippen molar-refractivity contribution in [3.05, 3.63) is 83.8 Å². The molecule has 6 nitrogen and oxygen atoms in total. The molecule has 0 bridgehead atoms. The number of aryl methyl sites for hydroxylation is 2. The van der Waals surface area contributed by atoms with Gasteiger partial charge < -0.3 is 9.80 Å². The van der Waals surface area contributed by atoms with Crippen molar-refractivity contribution in [2.24, 2.45) is 0 Å². The van der Waals surface area contributed by atoms with Gasteiger partial charge in [0.05, 0.1) is 0 Å². The van der Waals surface area contributed by atoms with Gasteiger partial charge in [-0.1, -0.05) is 18.2 Å². The molecule has 0 unspecified atom stereocenters. The third kappa shape index (κ3) is 3.65. The number of benzene rings is 2. The maximum atomic E-state index is 13.2. The lowest BCUT2D eigenvalue weighted by Gasteiger charge is -2.37. The summed E-state index contributed by atoms with van der Waals surface area (Å²) in [6.45, 7) is 7.37. The molecular formula is C25H25N5O. The number of fused-ring (bicyclic) bond motifs is 1. The minimum absolute atomic E-state index is 0.0693. The van der Waals surface area contributed by atoms with Crippen LogP contribution in [0.5, 0.6) is 0 Å². The molecule has 2 aromatic carbocycles. The highest BCUT2D eigenvalue weighted by molar-refractivity contribution is 5.95. The van der Waals surface area contributed by atoms with E-state index < -0.39 is 0 Å². The van der Waals surface area contributed by atoms with Crippen LogP contribution in [-0.2, 0) is 0 Å². The van der Waals surface area contributed by atoms with E-state index in [4.69, 9.17) is 0 Å². The maximum absolute atomic E-state index is 13.2. The van der Waals surface area contributed by atoms with Crippen LogP contribution >= 0.6 is 0 Å². The van der Waals surface area contributed by atoms with E-state index in [2.05, 4.69) is 46.9 Å². The first kappa shape index (κ1) is 19.3. The Balaban J connectivity index is 1.33. The van der Waals surface area contributed by atoms with Gasteiger partial charge in [-0.3, -0.25) is 9.36 Å². The molecule has 1 aliphatic heterocycles. The standard InChI is InChI=1S/C25H25N5O/c1-18-8-9-19(2)23(15-18)28-11-13-29(14-12-28)25(31)20-5-3-6-21(16-20)30-17-27-22-7-4-10-26-24(22)30/h3-10,15-17H,11-14H2,1-2H3. The average Bonchev–Trinajstić information content (AvgIpc) is 3.25. The lowest BCUT2D eigenvalue weighted by Crippen LogP contribution is -2.49. The molecule has 6 heteroatoms. The van der Waals surface area contributed by atoms with Crippen LogP contribution in [0, 0.1) is 13.8 Å². The topological polar surface area (TPSA) is 54.3 Å². The molecule has 0 aliphatic carbocycles. The van der Waals surface area contributed by atoms with Gasteiger partial charge in [0, 0.05) is 49.3 Å². The second kappa shape index (κ2) is 7.87. The van der Waals surface area contributed by atoms with Crippen LogP contribution in [0.4, 0.5) is 5.69 Å². The highest BCUT2D eigenvalue weighted by Gasteiger charge is 2.23. The van der Waals surface area contributed by atoms with E-state index in [9.17, 15) is 4.79 Å². The summed E-state index contributed by atoms with van der Waals surface area (Å²) in [5.74, 6) is 0.0693. The average molecular weight is 412 g/mol. The minimum atomic E-state index is 0.0693. The molecule has 1 amide bonds. The van der Waals surface area contributed by atoms with Crippen LogP contribution in [0.2, 0.25) is 0 Å². The van der Waals surface area contributed by atoms with Crippen LogP contribution in [-0.4, -0.2) is 51.5 Å². The number of rotatable bonds is 3. The molecular weight excluding hydrogens is 386 g/mol. The lowest BCUT2D eigenvalue weighted by atomic mass is 10.1. The van der Waals surface area contributed by atoms with E-state index in [0.29, 0.717) is 18.7 Å². The van der Waals surface area contributed by atoms with Crippen LogP contribution < -0.4 is 4.90 Å². The highest BCUT2D eigenvalue weighted by Crippen LogP contribution is 2.24. The quantitative estimate of drug-likeness (QED) is 0.511. The Labute approximate surface area is 181 Å². The first-order chi connectivity index (χ1) is 15.1. The van der Waals surface area contributed by atoms with Crippen LogP contribution in [0.3, 0.4) is 0 Å². The molecule has 1 aliphatic rings. The zero-order chi connectivity index (χ0) is 21.4. The Morgan fingerprint density at radius 1 is 0.903 bits per heavy atom. The van der Waals surface area contributed by atoms with Gasteiger partial charge >= 0.3 is 0 Å². The van der Waals surface area contributed by atoms with Crippen molar-refractivity contribution >= 4 is 22.8 Å².